The van der Waals surface area contributed by atoms with Crippen LogP contribution in [0.1, 0.15) is 36.5 Å². The first kappa shape index (κ1) is 18.8. The van der Waals surface area contributed by atoms with Gasteiger partial charge in [0.1, 0.15) is 12.3 Å². The second-order valence-electron chi connectivity index (χ2n) is 5.71. The first-order valence-electron chi connectivity index (χ1n) is 8.55. The van der Waals surface area contributed by atoms with Gasteiger partial charge in [-0.25, -0.2) is 0 Å². The third kappa shape index (κ3) is 5.77. The van der Waals surface area contributed by atoms with E-state index in [-0.39, 0.29) is 19.1 Å². The normalized spacial score (nSPS) is 13.9. The zero-order chi connectivity index (χ0) is 18.1. The van der Waals surface area contributed by atoms with E-state index in [1.54, 1.807) is 29.2 Å². The Hall–Kier alpha value is -2.57. The molecule has 1 aliphatic rings. The van der Waals surface area contributed by atoms with Gasteiger partial charge in [0, 0.05) is 13.1 Å². The minimum Gasteiger partial charge on any atom is -0.493 e. The first-order chi connectivity index (χ1) is 12.1. The van der Waals surface area contributed by atoms with Crippen LogP contribution in [0.3, 0.4) is 0 Å². The molecule has 1 saturated heterocycles. The zero-order valence-electron chi connectivity index (χ0n) is 14.5. The number of rotatable bonds is 7. The van der Waals surface area contributed by atoms with Gasteiger partial charge in [0.25, 0.3) is 11.8 Å². The highest BCUT2D eigenvalue weighted by Crippen LogP contribution is 2.17. The molecule has 0 unspecified atom stereocenters. The molecule has 1 heterocycles. The molecule has 2 rings (SSSR count). The fourth-order valence-electron chi connectivity index (χ4n) is 2.61. The van der Waals surface area contributed by atoms with E-state index < -0.39 is 11.9 Å². The van der Waals surface area contributed by atoms with E-state index in [0.29, 0.717) is 31.0 Å². The van der Waals surface area contributed by atoms with Gasteiger partial charge in [0.2, 0.25) is 0 Å². The molecule has 0 aliphatic carbocycles. The Morgan fingerprint density at radius 3 is 2.56 bits per heavy atom. The summed E-state index contributed by atoms with van der Waals surface area (Å²) in [5.74, 6) is -0.812. The first-order valence-corrected chi connectivity index (χ1v) is 8.55. The van der Waals surface area contributed by atoms with Crippen molar-refractivity contribution < 1.29 is 23.9 Å². The van der Waals surface area contributed by atoms with E-state index in [9.17, 15) is 14.4 Å². The molecule has 7 heteroatoms. The standard InChI is InChI=1S/C18H24N2O5/c1-2-24-15-9-5-4-8-14(15)18(23)19-12-17(22)25-13-16(21)20-10-6-3-7-11-20/h4-5,8-9H,2-3,6-7,10-13H2,1H3,(H,19,23). The molecule has 2 amide bonds. The average molecular weight is 348 g/mol. The van der Waals surface area contributed by atoms with E-state index in [1.165, 1.54) is 0 Å². The van der Waals surface area contributed by atoms with Crippen LogP contribution >= 0.6 is 0 Å². The van der Waals surface area contributed by atoms with Crippen molar-refractivity contribution in [2.24, 2.45) is 0 Å². The minimum atomic E-state index is -0.646. The molecule has 1 N–H and O–H groups in total. The van der Waals surface area contributed by atoms with Crippen LogP contribution in [-0.4, -0.2) is 55.5 Å². The molecule has 1 fully saturated rings. The Balaban J connectivity index is 1.76. The van der Waals surface area contributed by atoms with Crippen molar-refractivity contribution in [2.45, 2.75) is 26.2 Å². The highest BCUT2D eigenvalue weighted by Gasteiger charge is 2.18. The number of esters is 1. The van der Waals surface area contributed by atoms with Crippen LogP contribution in [0, 0.1) is 0 Å². The molecule has 0 saturated carbocycles. The summed E-state index contributed by atoms with van der Waals surface area (Å²) >= 11 is 0. The van der Waals surface area contributed by atoms with Crippen molar-refractivity contribution in [3.05, 3.63) is 29.8 Å². The van der Waals surface area contributed by atoms with Crippen molar-refractivity contribution >= 4 is 17.8 Å². The van der Waals surface area contributed by atoms with Crippen LogP contribution in [0.25, 0.3) is 0 Å². The Bertz CT molecular complexity index is 611. The van der Waals surface area contributed by atoms with Crippen molar-refractivity contribution in [2.75, 3.05) is 32.8 Å². The van der Waals surface area contributed by atoms with Crippen LogP contribution in [-0.2, 0) is 14.3 Å². The molecule has 0 atom stereocenters. The average Bonchev–Trinajstić information content (AvgIpc) is 2.65. The number of piperidine rings is 1. The highest BCUT2D eigenvalue weighted by molar-refractivity contribution is 5.98. The zero-order valence-corrected chi connectivity index (χ0v) is 14.5. The van der Waals surface area contributed by atoms with E-state index in [4.69, 9.17) is 9.47 Å². The van der Waals surface area contributed by atoms with Gasteiger partial charge < -0.3 is 19.7 Å². The third-order valence-electron chi connectivity index (χ3n) is 3.89. The number of carbonyl (C=O) groups is 3. The molecule has 1 aromatic carbocycles. The van der Waals surface area contributed by atoms with Gasteiger partial charge in [-0.05, 0) is 38.3 Å². The van der Waals surface area contributed by atoms with E-state index in [2.05, 4.69) is 5.32 Å². The Kier molecular flexibility index (Phi) is 7.25. The lowest BCUT2D eigenvalue weighted by Crippen LogP contribution is -2.39. The lowest BCUT2D eigenvalue weighted by atomic mass is 10.1. The van der Waals surface area contributed by atoms with Gasteiger partial charge in [0.15, 0.2) is 6.61 Å². The van der Waals surface area contributed by atoms with Crippen molar-refractivity contribution in [3.63, 3.8) is 0 Å². The maximum absolute atomic E-state index is 12.2. The second kappa shape index (κ2) is 9.66. The number of carbonyl (C=O) groups excluding carboxylic acids is 3. The lowest BCUT2D eigenvalue weighted by molar-refractivity contribution is -0.151. The number of para-hydroxylation sites is 1. The lowest BCUT2D eigenvalue weighted by Gasteiger charge is -2.26. The van der Waals surface area contributed by atoms with Crippen molar-refractivity contribution in [3.8, 4) is 5.75 Å². The smallest absolute Gasteiger partial charge is 0.325 e. The molecule has 136 valence electrons. The number of likely N-dealkylation sites (tertiary alicyclic amines) is 1. The van der Waals surface area contributed by atoms with E-state index in [1.807, 2.05) is 6.92 Å². The van der Waals surface area contributed by atoms with Crippen LogP contribution < -0.4 is 10.1 Å². The predicted molar refractivity (Wildman–Crippen MR) is 91.3 cm³/mol. The van der Waals surface area contributed by atoms with Gasteiger partial charge in [-0.1, -0.05) is 12.1 Å². The maximum Gasteiger partial charge on any atom is 0.325 e. The summed E-state index contributed by atoms with van der Waals surface area (Å²) in [6.07, 6.45) is 3.09. The minimum absolute atomic E-state index is 0.193. The molecular weight excluding hydrogens is 324 g/mol. The van der Waals surface area contributed by atoms with Crippen LogP contribution in [0.5, 0.6) is 5.75 Å². The van der Waals surface area contributed by atoms with Crippen molar-refractivity contribution in [1.29, 1.82) is 0 Å². The number of hydrogen-bond acceptors (Lipinski definition) is 5. The SMILES string of the molecule is CCOc1ccccc1C(=O)NCC(=O)OCC(=O)N1CCCCC1. The molecule has 25 heavy (non-hydrogen) atoms. The fourth-order valence-corrected chi connectivity index (χ4v) is 2.61. The second-order valence-corrected chi connectivity index (χ2v) is 5.71. The molecule has 1 aliphatic heterocycles. The van der Waals surface area contributed by atoms with Gasteiger partial charge >= 0.3 is 5.97 Å². The molecule has 0 radical (unpaired) electrons. The summed E-state index contributed by atoms with van der Waals surface area (Å²) in [5, 5.41) is 2.48. The number of amides is 2. The summed E-state index contributed by atoms with van der Waals surface area (Å²) in [6.45, 7) is 3.09. The predicted octanol–water partition coefficient (Wildman–Crippen LogP) is 1.37. The number of hydrogen-bond donors (Lipinski definition) is 1. The fraction of sp³-hybridized carbons (Fsp3) is 0.500. The highest BCUT2D eigenvalue weighted by atomic mass is 16.5. The molecule has 7 nitrogen and oxygen atoms in total. The van der Waals surface area contributed by atoms with Gasteiger partial charge in [-0.2, -0.15) is 0 Å². The summed E-state index contributed by atoms with van der Waals surface area (Å²) in [5.41, 5.74) is 0.349. The maximum atomic E-state index is 12.2. The number of benzene rings is 1. The van der Waals surface area contributed by atoms with Gasteiger partial charge in [0.05, 0.1) is 12.2 Å². The molecule has 1 aromatic rings. The molecule has 0 spiro atoms. The Morgan fingerprint density at radius 1 is 1.12 bits per heavy atom. The number of ether oxygens (including phenoxy) is 2. The van der Waals surface area contributed by atoms with Crippen LogP contribution in [0.15, 0.2) is 24.3 Å². The summed E-state index contributed by atoms with van der Waals surface area (Å²) < 4.78 is 10.3. The number of nitrogens with zero attached hydrogens (tertiary/aromatic N) is 1. The summed E-state index contributed by atoms with van der Waals surface area (Å²) in [7, 11) is 0. The topological polar surface area (TPSA) is 84.9 Å². The van der Waals surface area contributed by atoms with Crippen molar-refractivity contribution in [1.82, 2.24) is 10.2 Å². The monoisotopic (exact) mass is 348 g/mol. The van der Waals surface area contributed by atoms with Crippen LogP contribution in [0.2, 0.25) is 0 Å². The van der Waals surface area contributed by atoms with Gasteiger partial charge in [-0.3, -0.25) is 14.4 Å². The molecule has 0 aromatic heterocycles. The molecular formula is C18H24N2O5. The Morgan fingerprint density at radius 2 is 1.84 bits per heavy atom. The Labute approximate surface area is 147 Å². The third-order valence-corrected chi connectivity index (χ3v) is 3.89. The van der Waals surface area contributed by atoms with E-state index >= 15 is 0 Å². The largest absolute Gasteiger partial charge is 0.493 e. The summed E-state index contributed by atoms with van der Waals surface area (Å²) in [4.78, 5) is 37.5. The summed E-state index contributed by atoms with van der Waals surface area (Å²) in [6, 6.07) is 6.79. The van der Waals surface area contributed by atoms with Crippen LogP contribution in [0.4, 0.5) is 0 Å². The quantitative estimate of drug-likeness (QED) is 0.752. The van der Waals surface area contributed by atoms with E-state index in [0.717, 1.165) is 19.3 Å². The molecule has 0 bridgehead atoms. The number of nitrogens with one attached hydrogen (secondary N) is 1. The van der Waals surface area contributed by atoms with Gasteiger partial charge in [-0.15, -0.1) is 0 Å².